The molecule has 0 spiro atoms. The van der Waals surface area contributed by atoms with Crippen molar-refractivity contribution in [2.24, 2.45) is 0 Å². The maximum absolute atomic E-state index is 11.7. The van der Waals surface area contributed by atoms with Gasteiger partial charge in [0.25, 0.3) is 5.56 Å². The van der Waals surface area contributed by atoms with Crippen molar-refractivity contribution in [2.45, 2.75) is 31.7 Å². The van der Waals surface area contributed by atoms with Crippen LogP contribution in [-0.2, 0) is 15.9 Å². The molecule has 0 unspecified atom stereocenters. The lowest BCUT2D eigenvalue weighted by Gasteiger charge is -2.08. The van der Waals surface area contributed by atoms with E-state index in [4.69, 9.17) is 9.47 Å². The highest BCUT2D eigenvalue weighted by molar-refractivity contribution is 7.99. The quantitative estimate of drug-likeness (QED) is 0.645. The average molecular weight is 256 g/mol. The number of aromatic nitrogens is 2. The zero-order valence-electron chi connectivity index (χ0n) is 9.99. The summed E-state index contributed by atoms with van der Waals surface area (Å²) in [6.07, 6.45) is 0.519. The highest BCUT2D eigenvalue weighted by atomic mass is 32.2. The van der Waals surface area contributed by atoms with Gasteiger partial charge in [0.1, 0.15) is 0 Å². The van der Waals surface area contributed by atoms with Crippen LogP contribution in [-0.4, -0.2) is 35.2 Å². The molecule has 1 N–H and O–H groups in total. The van der Waals surface area contributed by atoms with Crippen LogP contribution in [0.1, 0.15) is 18.2 Å². The normalized spacial score (nSPS) is 16.6. The van der Waals surface area contributed by atoms with Gasteiger partial charge in [0.05, 0.1) is 19.0 Å². The first-order valence-electron chi connectivity index (χ1n) is 5.66. The third-order valence-corrected chi connectivity index (χ3v) is 3.51. The molecule has 2 heterocycles. The minimum absolute atomic E-state index is 0.0456. The molecule has 0 bridgehead atoms. The van der Waals surface area contributed by atoms with E-state index < -0.39 is 0 Å². The Morgan fingerprint density at radius 1 is 1.47 bits per heavy atom. The fourth-order valence-electron chi connectivity index (χ4n) is 1.72. The molecule has 0 saturated carbocycles. The number of thioether (sulfide) groups is 1. The van der Waals surface area contributed by atoms with Crippen LogP contribution in [0.3, 0.4) is 0 Å². The summed E-state index contributed by atoms with van der Waals surface area (Å²) in [5.41, 5.74) is 1.51. The van der Waals surface area contributed by atoms with E-state index in [0.29, 0.717) is 30.5 Å². The Balaban J connectivity index is 2.03. The van der Waals surface area contributed by atoms with Crippen LogP contribution in [0, 0.1) is 6.92 Å². The maximum Gasteiger partial charge on any atom is 0.254 e. The summed E-state index contributed by atoms with van der Waals surface area (Å²) < 4.78 is 10.6. The number of H-pyrrole nitrogens is 1. The van der Waals surface area contributed by atoms with Crippen LogP contribution in [0.15, 0.2) is 9.95 Å². The largest absolute Gasteiger partial charge is 0.349 e. The first kappa shape index (κ1) is 12.6. The monoisotopic (exact) mass is 256 g/mol. The summed E-state index contributed by atoms with van der Waals surface area (Å²) in [4.78, 5) is 18.9. The summed E-state index contributed by atoms with van der Waals surface area (Å²) in [5.74, 6) is 0.647. The summed E-state index contributed by atoms with van der Waals surface area (Å²) >= 11 is 1.45. The van der Waals surface area contributed by atoms with Gasteiger partial charge in [-0.2, -0.15) is 0 Å². The first-order valence-corrected chi connectivity index (χ1v) is 6.65. The molecular weight excluding hydrogens is 240 g/mol. The SMILES string of the molecule is CCc1c(C)nc(SCC2OCCO2)[nH]c1=O. The van der Waals surface area contributed by atoms with Crippen LogP contribution in [0.25, 0.3) is 0 Å². The molecule has 17 heavy (non-hydrogen) atoms. The number of nitrogens with one attached hydrogen (secondary N) is 1. The van der Waals surface area contributed by atoms with Gasteiger partial charge in [-0.25, -0.2) is 4.98 Å². The molecule has 6 heteroatoms. The average Bonchev–Trinajstić information content (AvgIpc) is 2.79. The predicted octanol–water partition coefficient (Wildman–Crippen LogP) is 1.11. The maximum atomic E-state index is 11.7. The van der Waals surface area contributed by atoms with Gasteiger partial charge in [0, 0.05) is 11.3 Å². The van der Waals surface area contributed by atoms with Gasteiger partial charge in [-0.05, 0) is 13.3 Å². The van der Waals surface area contributed by atoms with E-state index in [1.807, 2.05) is 13.8 Å². The number of hydrogen-bond acceptors (Lipinski definition) is 5. The lowest BCUT2D eigenvalue weighted by Crippen LogP contribution is -2.17. The van der Waals surface area contributed by atoms with Crippen molar-refractivity contribution in [1.29, 1.82) is 0 Å². The van der Waals surface area contributed by atoms with Gasteiger partial charge in [0.2, 0.25) is 0 Å². The second kappa shape index (κ2) is 5.66. The van der Waals surface area contributed by atoms with E-state index in [1.54, 1.807) is 0 Å². The molecule has 1 saturated heterocycles. The summed E-state index contributed by atoms with van der Waals surface area (Å²) in [6, 6.07) is 0. The molecule has 1 aliphatic heterocycles. The van der Waals surface area contributed by atoms with Crippen molar-refractivity contribution in [3.63, 3.8) is 0 Å². The van der Waals surface area contributed by atoms with Crippen molar-refractivity contribution in [3.8, 4) is 0 Å². The number of rotatable bonds is 4. The molecule has 0 amide bonds. The van der Waals surface area contributed by atoms with E-state index in [9.17, 15) is 4.79 Å². The molecule has 1 fully saturated rings. The molecule has 1 aromatic heterocycles. The Bertz CT molecular complexity index is 441. The zero-order valence-corrected chi connectivity index (χ0v) is 10.8. The molecule has 0 atom stereocenters. The number of aryl methyl sites for hydroxylation is 1. The lowest BCUT2D eigenvalue weighted by molar-refractivity contribution is -0.0215. The highest BCUT2D eigenvalue weighted by Crippen LogP contribution is 2.17. The zero-order chi connectivity index (χ0) is 12.3. The summed E-state index contributed by atoms with van der Waals surface area (Å²) in [7, 11) is 0. The topological polar surface area (TPSA) is 64.2 Å². The Hall–Kier alpha value is -0.850. The van der Waals surface area contributed by atoms with Gasteiger partial charge in [-0.3, -0.25) is 4.79 Å². The van der Waals surface area contributed by atoms with Crippen LogP contribution in [0.2, 0.25) is 0 Å². The molecular formula is C11H16N2O3S. The number of hydrogen-bond donors (Lipinski definition) is 1. The molecule has 94 valence electrons. The van der Waals surface area contributed by atoms with Gasteiger partial charge < -0.3 is 14.5 Å². The minimum Gasteiger partial charge on any atom is -0.349 e. The second-order valence-corrected chi connectivity index (χ2v) is 4.78. The third kappa shape index (κ3) is 3.08. The van der Waals surface area contributed by atoms with Gasteiger partial charge in [-0.15, -0.1) is 0 Å². The Kier molecular flexibility index (Phi) is 4.20. The van der Waals surface area contributed by atoms with Gasteiger partial charge >= 0.3 is 0 Å². The van der Waals surface area contributed by atoms with Crippen molar-refractivity contribution in [3.05, 3.63) is 21.6 Å². The van der Waals surface area contributed by atoms with Crippen molar-refractivity contribution < 1.29 is 9.47 Å². The van der Waals surface area contributed by atoms with Crippen molar-refractivity contribution in [2.75, 3.05) is 19.0 Å². The minimum atomic E-state index is -0.184. The van der Waals surface area contributed by atoms with Crippen LogP contribution in [0.4, 0.5) is 0 Å². The Morgan fingerprint density at radius 3 is 2.76 bits per heavy atom. The van der Waals surface area contributed by atoms with Crippen LogP contribution < -0.4 is 5.56 Å². The van der Waals surface area contributed by atoms with Gasteiger partial charge in [-0.1, -0.05) is 18.7 Å². The van der Waals surface area contributed by atoms with Crippen molar-refractivity contribution in [1.82, 2.24) is 9.97 Å². The lowest BCUT2D eigenvalue weighted by atomic mass is 10.2. The molecule has 1 aromatic rings. The van der Waals surface area contributed by atoms with E-state index >= 15 is 0 Å². The molecule has 1 aliphatic rings. The van der Waals surface area contributed by atoms with Crippen LogP contribution >= 0.6 is 11.8 Å². The van der Waals surface area contributed by atoms with E-state index in [1.165, 1.54) is 11.8 Å². The van der Waals surface area contributed by atoms with Gasteiger partial charge in [0.15, 0.2) is 11.4 Å². The standard InChI is InChI=1S/C11H16N2O3S/c1-3-8-7(2)12-11(13-10(8)14)17-6-9-15-4-5-16-9/h9H,3-6H2,1-2H3,(H,12,13,14). The molecule has 0 aromatic carbocycles. The summed E-state index contributed by atoms with van der Waals surface area (Å²) in [5, 5.41) is 0.629. The van der Waals surface area contributed by atoms with Crippen molar-refractivity contribution >= 4 is 11.8 Å². The Labute approximate surface area is 104 Å². The number of ether oxygens (including phenoxy) is 2. The van der Waals surface area contributed by atoms with Crippen LogP contribution in [0.5, 0.6) is 0 Å². The third-order valence-electron chi connectivity index (χ3n) is 2.60. The number of aromatic amines is 1. The smallest absolute Gasteiger partial charge is 0.254 e. The van der Waals surface area contributed by atoms with E-state index in [-0.39, 0.29) is 11.8 Å². The second-order valence-electron chi connectivity index (χ2n) is 3.77. The van der Waals surface area contributed by atoms with E-state index in [2.05, 4.69) is 9.97 Å². The fourth-order valence-corrected chi connectivity index (χ4v) is 2.57. The Morgan fingerprint density at radius 2 is 2.18 bits per heavy atom. The fraction of sp³-hybridized carbons (Fsp3) is 0.636. The molecule has 0 aliphatic carbocycles. The molecule has 0 radical (unpaired) electrons. The number of nitrogens with zero attached hydrogens (tertiary/aromatic N) is 1. The molecule has 2 rings (SSSR count). The first-order chi connectivity index (χ1) is 8.20. The highest BCUT2D eigenvalue weighted by Gasteiger charge is 2.17. The molecule has 5 nitrogen and oxygen atoms in total. The predicted molar refractivity (Wildman–Crippen MR) is 65.4 cm³/mol. The summed E-state index contributed by atoms with van der Waals surface area (Å²) in [6.45, 7) is 5.10. The van der Waals surface area contributed by atoms with E-state index in [0.717, 1.165) is 11.3 Å².